The molecule has 170 valence electrons. The molecule has 0 bridgehead atoms. The maximum Gasteiger partial charge on any atom is 0.179 e. The number of piperidine rings is 1. The third kappa shape index (κ3) is 3.97. The number of hydrogen-bond donors (Lipinski definition) is 0. The van der Waals surface area contributed by atoms with E-state index in [1.807, 2.05) is 29.9 Å². The van der Waals surface area contributed by atoms with Gasteiger partial charge in [-0.25, -0.2) is 14.6 Å². The van der Waals surface area contributed by atoms with Gasteiger partial charge in [0.1, 0.15) is 11.3 Å². The molecule has 4 heterocycles. The molecular weight excluding hydrogens is 443 g/mol. The first kappa shape index (κ1) is 21.9. The molecule has 1 aromatic carbocycles. The molecule has 3 aromatic rings. The second-order valence-corrected chi connectivity index (χ2v) is 10.1. The Morgan fingerprint density at radius 1 is 1.12 bits per heavy atom. The first-order valence-corrected chi connectivity index (χ1v) is 12.3. The van der Waals surface area contributed by atoms with Gasteiger partial charge in [0.25, 0.3) is 0 Å². The number of benzene rings is 1. The molecule has 0 spiro atoms. The van der Waals surface area contributed by atoms with Gasteiger partial charge in [-0.3, -0.25) is 4.90 Å². The van der Waals surface area contributed by atoms with Gasteiger partial charge in [-0.05, 0) is 69.8 Å². The lowest BCUT2D eigenvalue weighted by Gasteiger charge is -2.41. The van der Waals surface area contributed by atoms with Crippen molar-refractivity contribution in [2.24, 2.45) is 5.92 Å². The Bertz CT molecular complexity index is 1120. The van der Waals surface area contributed by atoms with Crippen molar-refractivity contribution in [3.63, 3.8) is 0 Å². The highest BCUT2D eigenvalue weighted by Gasteiger charge is 2.32. The molecule has 0 aliphatic carbocycles. The average Bonchev–Trinajstić information content (AvgIpc) is 3.41. The predicted octanol–water partition coefficient (Wildman–Crippen LogP) is 5.36. The Kier molecular flexibility index (Phi) is 6.03. The van der Waals surface area contributed by atoms with E-state index in [4.69, 9.17) is 38.3 Å². The average molecular weight is 473 g/mol. The van der Waals surface area contributed by atoms with Crippen LogP contribution in [0.15, 0.2) is 24.4 Å². The highest BCUT2D eigenvalue weighted by Crippen LogP contribution is 2.32. The molecule has 0 radical (unpaired) electrons. The standard InChI is InChI=1S/C24H30Cl2N6/c1-15-14-31(11-8-21(15)30-9-4-5-10-30)22-13-27-23-16(2)29-32(24(23)28-22)17(3)19-7-6-18(25)12-20(19)26/h6-7,12-13,15,17,21H,4-5,8-11,14H2,1-3H3/t15-,17-,21+/m1/s1. The zero-order chi connectivity index (χ0) is 22.4. The molecule has 6 nitrogen and oxygen atoms in total. The molecule has 5 rings (SSSR count). The van der Waals surface area contributed by atoms with Gasteiger partial charge in [0.15, 0.2) is 5.65 Å². The molecular formula is C24H30Cl2N6. The molecule has 0 saturated carbocycles. The fourth-order valence-corrected chi connectivity index (χ4v) is 5.96. The minimum absolute atomic E-state index is 0.0830. The summed E-state index contributed by atoms with van der Waals surface area (Å²) in [7, 11) is 0. The predicted molar refractivity (Wildman–Crippen MR) is 131 cm³/mol. The lowest BCUT2D eigenvalue weighted by atomic mass is 9.92. The Balaban J connectivity index is 1.44. The highest BCUT2D eigenvalue weighted by atomic mass is 35.5. The van der Waals surface area contributed by atoms with Gasteiger partial charge in [-0.2, -0.15) is 5.10 Å². The molecule has 8 heteroatoms. The molecule has 2 aliphatic heterocycles. The second kappa shape index (κ2) is 8.81. The first-order chi connectivity index (χ1) is 15.4. The Morgan fingerprint density at radius 3 is 2.62 bits per heavy atom. The molecule has 2 saturated heterocycles. The molecule has 2 aliphatic rings. The second-order valence-electron chi connectivity index (χ2n) is 9.29. The van der Waals surface area contributed by atoms with Gasteiger partial charge in [-0.1, -0.05) is 36.2 Å². The minimum Gasteiger partial charge on any atom is -0.355 e. The zero-order valence-electron chi connectivity index (χ0n) is 18.9. The van der Waals surface area contributed by atoms with Crippen molar-refractivity contribution < 1.29 is 0 Å². The molecule has 0 N–H and O–H groups in total. The normalized spacial score (nSPS) is 23.2. The summed E-state index contributed by atoms with van der Waals surface area (Å²) in [6, 6.07) is 6.20. The first-order valence-electron chi connectivity index (χ1n) is 11.6. The SMILES string of the molecule is Cc1nn([C@H](C)c2ccc(Cl)cc2Cl)c2nc(N3CC[C@H](N4CCCC4)[C@H](C)C3)cnc12. The van der Waals surface area contributed by atoms with E-state index in [-0.39, 0.29) is 6.04 Å². The summed E-state index contributed by atoms with van der Waals surface area (Å²) in [5, 5.41) is 6.03. The zero-order valence-corrected chi connectivity index (χ0v) is 20.4. The van der Waals surface area contributed by atoms with E-state index >= 15 is 0 Å². The summed E-state index contributed by atoms with van der Waals surface area (Å²) in [6.07, 6.45) is 5.77. The fraction of sp³-hybridized carbons (Fsp3) is 0.542. The largest absolute Gasteiger partial charge is 0.355 e. The minimum atomic E-state index is -0.0830. The van der Waals surface area contributed by atoms with E-state index in [1.54, 1.807) is 6.07 Å². The number of likely N-dealkylation sites (tertiary alicyclic amines) is 1. The van der Waals surface area contributed by atoms with Gasteiger partial charge in [0.05, 0.1) is 17.9 Å². The summed E-state index contributed by atoms with van der Waals surface area (Å²) in [5.74, 6) is 1.54. The summed E-state index contributed by atoms with van der Waals surface area (Å²) in [6.45, 7) is 11.0. The van der Waals surface area contributed by atoms with Crippen molar-refractivity contribution >= 4 is 40.2 Å². The number of halogens is 2. The van der Waals surface area contributed by atoms with Gasteiger partial charge in [0, 0.05) is 29.2 Å². The molecule has 2 fully saturated rings. The van der Waals surface area contributed by atoms with E-state index in [9.17, 15) is 0 Å². The Morgan fingerprint density at radius 2 is 1.91 bits per heavy atom. The van der Waals surface area contributed by atoms with Crippen molar-refractivity contribution in [2.75, 3.05) is 31.1 Å². The number of nitrogens with zero attached hydrogens (tertiary/aromatic N) is 6. The Labute approximate surface area is 199 Å². The monoisotopic (exact) mass is 472 g/mol. The number of fused-ring (bicyclic) bond motifs is 1. The molecule has 3 atom stereocenters. The van der Waals surface area contributed by atoms with Crippen LogP contribution in [-0.4, -0.2) is 56.9 Å². The third-order valence-electron chi connectivity index (χ3n) is 7.13. The molecule has 0 amide bonds. The van der Waals surface area contributed by atoms with Crippen LogP contribution in [0.2, 0.25) is 10.0 Å². The Hall–Kier alpha value is -1.89. The lowest BCUT2D eigenvalue weighted by molar-refractivity contribution is 0.158. The van der Waals surface area contributed by atoms with Crippen LogP contribution in [0.25, 0.3) is 11.2 Å². The van der Waals surface area contributed by atoms with Crippen LogP contribution in [0.1, 0.15) is 50.4 Å². The third-order valence-corrected chi connectivity index (χ3v) is 7.69. The lowest BCUT2D eigenvalue weighted by Crippen LogP contribution is -2.49. The van der Waals surface area contributed by atoms with Gasteiger partial charge in [0.2, 0.25) is 0 Å². The number of rotatable bonds is 4. The van der Waals surface area contributed by atoms with E-state index in [0.717, 1.165) is 41.3 Å². The summed E-state index contributed by atoms with van der Waals surface area (Å²) in [4.78, 5) is 14.9. The van der Waals surface area contributed by atoms with Crippen LogP contribution < -0.4 is 4.90 Å². The van der Waals surface area contributed by atoms with Crippen molar-refractivity contribution in [1.29, 1.82) is 0 Å². The molecule has 32 heavy (non-hydrogen) atoms. The van der Waals surface area contributed by atoms with Crippen LogP contribution in [0.5, 0.6) is 0 Å². The van der Waals surface area contributed by atoms with Crippen LogP contribution >= 0.6 is 23.2 Å². The summed E-state index contributed by atoms with van der Waals surface area (Å²) >= 11 is 12.6. The summed E-state index contributed by atoms with van der Waals surface area (Å²) in [5.41, 5.74) is 3.48. The summed E-state index contributed by atoms with van der Waals surface area (Å²) < 4.78 is 1.94. The van der Waals surface area contributed by atoms with Crippen LogP contribution in [0.4, 0.5) is 5.82 Å². The van der Waals surface area contributed by atoms with Crippen molar-refractivity contribution in [1.82, 2.24) is 24.6 Å². The smallest absolute Gasteiger partial charge is 0.179 e. The van der Waals surface area contributed by atoms with Crippen molar-refractivity contribution in [2.45, 2.75) is 52.1 Å². The quantitative estimate of drug-likeness (QED) is 0.511. The number of aryl methyl sites for hydroxylation is 1. The van der Waals surface area contributed by atoms with Crippen LogP contribution in [-0.2, 0) is 0 Å². The maximum absolute atomic E-state index is 6.49. The van der Waals surface area contributed by atoms with Crippen molar-refractivity contribution in [3.8, 4) is 0 Å². The van der Waals surface area contributed by atoms with E-state index in [0.29, 0.717) is 22.0 Å². The van der Waals surface area contributed by atoms with Gasteiger partial charge >= 0.3 is 0 Å². The number of anilines is 1. The topological polar surface area (TPSA) is 50.1 Å². The highest BCUT2D eigenvalue weighted by molar-refractivity contribution is 6.35. The number of hydrogen-bond acceptors (Lipinski definition) is 5. The van der Waals surface area contributed by atoms with E-state index < -0.39 is 0 Å². The fourth-order valence-electron chi connectivity index (χ4n) is 5.39. The molecule has 2 aromatic heterocycles. The maximum atomic E-state index is 6.49. The van der Waals surface area contributed by atoms with Gasteiger partial charge < -0.3 is 4.90 Å². The van der Waals surface area contributed by atoms with Crippen molar-refractivity contribution in [3.05, 3.63) is 45.7 Å². The van der Waals surface area contributed by atoms with Crippen LogP contribution in [0.3, 0.4) is 0 Å². The molecule has 0 unspecified atom stereocenters. The van der Waals surface area contributed by atoms with E-state index in [1.165, 1.54) is 32.4 Å². The van der Waals surface area contributed by atoms with Gasteiger partial charge in [-0.15, -0.1) is 0 Å². The van der Waals surface area contributed by atoms with E-state index in [2.05, 4.69) is 23.6 Å². The van der Waals surface area contributed by atoms with Crippen LogP contribution in [0, 0.1) is 12.8 Å². The number of aromatic nitrogens is 4.